The fourth-order valence-corrected chi connectivity index (χ4v) is 13.3. The molecule has 19 heteroatoms. The number of carbonyl (C=O) groups excluding carboxylic acids is 4. The van der Waals surface area contributed by atoms with Gasteiger partial charge in [0, 0.05) is 25.7 Å². The van der Waals surface area contributed by atoms with Crippen LogP contribution in [-0.2, 0) is 65.4 Å². The van der Waals surface area contributed by atoms with Crippen LogP contribution in [-0.4, -0.2) is 96.7 Å². The summed E-state index contributed by atoms with van der Waals surface area (Å²) in [5.41, 5.74) is 0. The summed E-state index contributed by atoms with van der Waals surface area (Å²) < 4.78 is 68.4. The Labute approximate surface area is 581 Å². The molecular formula is C76H148O17P2. The average molecular weight is 1400 g/mol. The second-order valence-corrected chi connectivity index (χ2v) is 30.8. The highest BCUT2D eigenvalue weighted by molar-refractivity contribution is 7.47. The van der Waals surface area contributed by atoms with Gasteiger partial charge in [-0.25, -0.2) is 9.13 Å². The van der Waals surface area contributed by atoms with Gasteiger partial charge in [0.15, 0.2) is 12.2 Å². The number of phosphoric ester groups is 2. The molecule has 0 amide bonds. The van der Waals surface area contributed by atoms with Gasteiger partial charge in [-0.15, -0.1) is 0 Å². The van der Waals surface area contributed by atoms with Crippen molar-refractivity contribution in [1.82, 2.24) is 0 Å². The molecule has 0 fully saturated rings. The number of hydrogen-bond acceptors (Lipinski definition) is 15. The summed E-state index contributed by atoms with van der Waals surface area (Å²) >= 11 is 0. The van der Waals surface area contributed by atoms with Gasteiger partial charge < -0.3 is 33.8 Å². The first-order valence-electron chi connectivity index (χ1n) is 39.6. The number of carbonyl (C=O) groups is 4. The van der Waals surface area contributed by atoms with Crippen molar-refractivity contribution in [3.05, 3.63) is 0 Å². The minimum absolute atomic E-state index is 0.106. The average Bonchev–Trinajstić information content (AvgIpc) is 1.47. The van der Waals surface area contributed by atoms with E-state index in [0.29, 0.717) is 25.7 Å². The minimum atomic E-state index is -4.96. The molecule has 0 aromatic carbocycles. The van der Waals surface area contributed by atoms with Crippen LogP contribution in [0.15, 0.2) is 0 Å². The Balaban J connectivity index is 5.15. The summed E-state index contributed by atoms with van der Waals surface area (Å²) in [4.78, 5) is 72.7. The smallest absolute Gasteiger partial charge is 0.462 e. The van der Waals surface area contributed by atoms with Crippen LogP contribution in [0.2, 0.25) is 0 Å². The van der Waals surface area contributed by atoms with Crippen LogP contribution in [0.25, 0.3) is 0 Å². The van der Waals surface area contributed by atoms with Crippen molar-refractivity contribution in [3.63, 3.8) is 0 Å². The van der Waals surface area contributed by atoms with Crippen molar-refractivity contribution in [2.75, 3.05) is 39.6 Å². The number of aliphatic hydroxyl groups excluding tert-OH is 1. The Hall–Kier alpha value is -1.94. The monoisotopic (exact) mass is 1400 g/mol. The highest BCUT2D eigenvalue weighted by Gasteiger charge is 2.30. The van der Waals surface area contributed by atoms with E-state index >= 15 is 0 Å². The van der Waals surface area contributed by atoms with Gasteiger partial charge in [0.05, 0.1) is 26.4 Å². The normalized spacial score (nSPS) is 13.9. The molecule has 0 aliphatic rings. The van der Waals surface area contributed by atoms with Gasteiger partial charge in [0.2, 0.25) is 0 Å². The maximum absolute atomic E-state index is 13.1. The maximum Gasteiger partial charge on any atom is 0.472 e. The second-order valence-electron chi connectivity index (χ2n) is 27.9. The molecule has 0 spiro atoms. The standard InChI is InChI=1S/C76H148O17P2/c1-6-9-12-15-18-21-23-25-26-27-28-29-30-31-32-33-35-37-41-46-51-56-61-75(80)92-72(66-87-74(79)60-55-50-45-40-36-34-24-22-19-16-13-10-7-2)68-91-95(84,85)89-64-70(77)63-88-94(82,83)90-67-71(65-86-73(78)59-54-49-44-20-17-14-11-8-3)93-76(81)62-57-52-47-42-38-39-43-48-53-58-69(4)5/h69-72,77H,6-68H2,1-5H3,(H,82,83)(H,84,85)/t70-,71+,72+/m0/s1. The lowest BCUT2D eigenvalue weighted by Gasteiger charge is -2.21. The van der Waals surface area contributed by atoms with Crippen LogP contribution in [0.3, 0.4) is 0 Å². The summed E-state index contributed by atoms with van der Waals surface area (Å²) in [7, 11) is -9.90. The van der Waals surface area contributed by atoms with E-state index in [0.717, 1.165) is 102 Å². The summed E-state index contributed by atoms with van der Waals surface area (Å²) in [6, 6.07) is 0. The molecule has 0 heterocycles. The molecule has 5 atom stereocenters. The number of phosphoric acid groups is 2. The van der Waals surface area contributed by atoms with E-state index in [1.807, 2.05) is 0 Å². The number of unbranched alkanes of at least 4 members (excludes halogenated alkanes) is 48. The lowest BCUT2D eigenvalue weighted by Crippen LogP contribution is -2.30. The van der Waals surface area contributed by atoms with E-state index in [-0.39, 0.29) is 25.7 Å². The Morgan fingerprint density at radius 3 is 0.716 bits per heavy atom. The fraction of sp³-hybridized carbons (Fsp3) is 0.947. The Bertz CT molecular complexity index is 1820. The third-order valence-corrected chi connectivity index (χ3v) is 19.7. The van der Waals surface area contributed by atoms with Gasteiger partial charge in [-0.3, -0.25) is 37.3 Å². The van der Waals surface area contributed by atoms with Crippen molar-refractivity contribution < 1.29 is 80.2 Å². The lowest BCUT2D eigenvalue weighted by atomic mass is 10.0. The number of aliphatic hydroxyl groups is 1. The first-order chi connectivity index (χ1) is 46.0. The van der Waals surface area contributed by atoms with E-state index in [1.165, 1.54) is 218 Å². The molecule has 0 bridgehead atoms. The number of rotatable bonds is 76. The van der Waals surface area contributed by atoms with Crippen molar-refractivity contribution in [2.45, 2.75) is 419 Å². The Morgan fingerprint density at radius 1 is 0.284 bits per heavy atom. The second kappa shape index (κ2) is 69.2. The summed E-state index contributed by atoms with van der Waals surface area (Å²) in [6.45, 7) is 7.23. The largest absolute Gasteiger partial charge is 0.472 e. The number of esters is 4. The zero-order chi connectivity index (χ0) is 69.8. The van der Waals surface area contributed by atoms with Crippen LogP contribution in [0, 0.1) is 5.92 Å². The predicted octanol–water partition coefficient (Wildman–Crippen LogP) is 22.5. The third-order valence-electron chi connectivity index (χ3n) is 17.8. The number of ether oxygens (including phenoxy) is 4. The zero-order valence-electron chi connectivity index (χ0n) is 61.8. The first kappa shape index (κ1) is 93.1. The molecule has 2 unspecified atom stereocenters. The van der Waals surface area contributed by atoms with Crippen LogP contribution in [0.5, 0.6) is 0 Å². The van der Waals surface area contributed by atoms with Crippen molar-refractivity contribution in [2.24, 2.45) is 5.92 Å². The van der Waals surface area contributed by atoms with Crippen LogP contribution >= 0.6 is 15.6 Å². The van der Waals surface area contributed by atoms with Crippen LogP contribution in [0.1, 0.15) is 401 Å². The predicted molar refractivity (Wildman–Crippen MR) is 386 cm³/mol. The molecule has 17 nitrogen and oxygen atoms in total. The number of hydrogen-bond donors (Lipinski definition) is 3. The van der Waals surface area contributed by atoms with Gasteiger partial charge in [0.25, 0.3) is 0 Å². The van der Waals surface area contributed by atoms with Crippen LogP contribution < -0.4 is 0 Å². The molecule has 0 saturated carbocycles. The minimum Gasteiger partial charge on any atom is -0.462 e. The van der Waals surface area contributed by atoms with E-state index in [4.69, 9.17) is 37.0 Å². The topological polar surface area (TPSA) is 237 Å². The molecule has 0 aliphatic heterocycles. The van der Waals surface area contributed by atoms with Gasteiger partial charge in [-0.2, -0.15) is 0 Å². The quantitative estimate of drug-likeness (QED) is 0.0222. The van der Waals surface area contributed by atoms with E-state index in [9.17, 15) is 43.2 Å². The van der Waals surface area contributed by atoms with Gasteiger partial charge in [-0.1, -0.05) is 349 Å². The molecule has 0 radical (unpaired) electrons. The van der Waals surface area contributed by atoms with Gasteiger partial charge >= 0.3 is 39.5 Å². The van der Waals surface area contributed by atoms with Crippen LogP contribution in [0.4, 0.5) is 0 Å². The summed E-state index contributed by atoms with van der Waals surface area (Å²) in [6.07, 6.45) is 58.5. The molecule has 0 aliphatic carbocycles. The Morgan fingerprint density at radius 2 is 0.484 bits per heavy atom. The maximum atomic E-state index is 13.1. The summed E-state index contributed by atoms with van der Waals surface area (Å²) in [5.74, 6) is -1.38. The molecular weight excluding hydrogens is 1250 g/mol. The third kappa shape index (κ3) is 70.3. The molecule has 0 saturated heterocycles. The summed E-state index contributed by atoms with van der Waals surface area (Å²) in [5, 5.41) is 10.6. The van der Waals surface area contributed by atoms with Gasteiger partial charge in [-0.05, 0) is 31.6 Å². The Kier molecular flexibility index (Phi) is 67.7. The zero-order valence-corrected chi connectivity index (χ0v) is 63.6. The molecule has 0 aromatic rings. The van der Waals surface area contributed by atoms with E-state index < -0.39 is 97.5 Å². The van der Waals surface area contributed by atoms with Gasteiger partial charge in [0.1, 0.15) is 19.3 Å². The molecule has 3 N–H and O–H groups in total. The molecule has 0 rings (SSSR count). The highest BCUT2D eigenvalue weighted by atomic mass is 31.2. The molecule has 95 heavy (non-hydrogen) atoms. The van der Waals surface area contributed by atoms with E-state index in [2.05, 4.69) is 34.6 Å². The lowest BCUT2D eigenvalue weighted by molar-refractivity contribution is -0.161. The first-order valence-corrected chi connectivity index (χ1v) is 42.6. The van der Waals surface area contributed by atoms with Crippen molar-refractivity contribution in [3.8, 4) is 0 Å². The van der Waals surface area contributed by atoms with Crippen molar-refractivity contribution >= 4 is 39.5 Å². The van der Waals surface area contributed by atoms with Crippen molar-refractivity contribution in [1.29, 1.82) is 0 Å². The highest BCUT2D eigenvalue weighted by Crippen LogP contribution is 2.45. The molecule has 564 valence electrons. The SMILES string of the molecule is CCCCCCCCCCCCCCCCCCCCCCCCC(=O)O[C@H](COC(=O)CCCCCCCCCCCCCCC)COP(=O)(O)OC[C@@H](O)COP(=O)(O)OC[C@@H](COC(=O)CCCCCCCCCC)OC(=O)CCCCCCCCCCCC(C)C. The van der Waals surface area contributed by atoms with E-state index in [1.54, 1.807) is 0 Å². The fourth-order valence-electron chi connectivity index (χ4n) is 11.7. The molecule has 0 aromatic heterocycles.